The maximum absolute atomic E-state index is 11.7. The number of carbonyl (C=O) groups is 2. The molecule has 0 saturated heterocycles. The van der Waals surface area contributed by atoms with Gasteiger partial charge in [-0.1, -0.05) is 19.1 Å². The topological polar surface area (TPSA) is 102 Å². The van der Waals surface area contributed by atoms with Gasteiger partial charge in [-0.25, -0.2) is 4.98 Å². The molecule has 0 bridgehead atoms. The smallest absolute Gasteiger partial charge is 0.303 e. The molecule has 0 fully saturated rings. The molecule has 1 amide bonds. The number of hydrogen-bond donors (Lipinski definition) is 2. The van der Waals surface area contributed by atoms with Gasteiger partial charge in [0.2, 0.25) is 11.8 Å². The third-order valence-corrected chi connectivity index (χ3v) is 5.95. The molecule has 0 aliphatic heterocycles. The van der Waals surface area contributed by atoms with Crippen molar-refractivity contribution in [3.05, 3.63) is 65.0 Å². The summed E-state index contributed by atoms with van der Waals surface area (Å²) in [4.78, 5) is 27.3. The highest BCUT2D eigenvalue weighted by Gasteiger charge is 2.25. The van der Waals surface area contributed by atoms with E-state index in [-0.39, 0.29) is 18.2 Å². The Morgan fingerprint density at radius 2 is 2.09 bits per heavy atom. The van der Waals surface area contributed by atoms with Crippen molar-refractivity contribution in [2.45, 2.75) is 51.9 Å². The Balaban J connectivity index is 1.37. The Hall–Kier alpha value is -3.61. The van der Waals surface area contributed by atoms with Crippen molar-refractivity contribution in [2.75, 3.05) is 11.9 Å². The van der Waals surface area contributed by atoms with Gasteiger partial charge in [0.15, 0.2) is 0 Å². The van der Waals surface area contributed by atoms with Crippen LogP contribution in [0.5, 0.6) is 5.75 Å². The van der Waals surface area contributed by atoms with Crippen LogP contribution >= 0.6 is 0 Å². The van der Waals surface area contributed by atoms with Crippen LogP contribution in [0.1, 0.15) is 54.7 Å². The summed E-state index contributed by atoms with van der Waals surface area (Å²) in [5, 5.41) is 11.9. The first-order chi connectivity index (χ1) is 15.9. The van der Waals surface area contributed by atoms with Crippen LogP contribution in [0.25, 0.3) is 11.5 Å². The number of aliphatic carboxylic acids is 1. The normalized spacial score (nSPS) is 14.7. The molecule has 0 radical (unpaired) electrons. The summed E-state index contributed by atoms with van der Waals surface area (Å²) in [5.74, 6) is 1.33. The molecule has 1 atom stereocenters. The van der Waals surface area contributed by atoms with Gasteiger partial charge in [-0.05, 0) is 67.1 Å². The number of amides is 1. The summed E-state index contributed by atoms with van der Waals surface area (Å²) >= 11 is 0. The minimum absolute atomic E-state index is 0.0440. The Kier molecular flexibility index (Phi) is 6.77. The number of benzene rings is 2. The molecule has 1 aliphatic rings. The van der Waals surface area contributed by atoms with Crippen molar-refractivity contribution in [1.82, 2.24) is 4.98 Å². The maximum Gasteiger partial charge on any atom is 0.303 e. The minimum atomic E-state index is -0.757. The molecule has 7 heteroatoms. The van der Waals surface area contributed by atoms with Crippen molar-refractivity contribution in [3.63, 3.8) is 0 Å². The molecule has 2 aromatic carbocycles. The molecule has 172 valence electrons. The molecule has 0 saturated carbocycles. The Labute approximate surface area is 192 Å². The highest BCUT2D eigenvalue weighted by molar-refractivity contribution is 5.91. The van der Waals surface area contributed by atoms with Gasteiger partial charge in [-0.2, -0.15) is 0 Å². The zero-order valence-corrected chi connectivity index (χ0v) is 18.9. The molecule has 0 unspecified atom stereocenters. The van der Waals surface area contributed by atoms with Crippen molar-refractivity contribution in [3.8, 4) is 17.2 Å². The molecule has 4 rings (SSSR count). The number of ether oxygens (including phenoxy) is 1. The molecule has 2 N–H and O–H groups in total. The van der Waals surface area contributed by atoms with Gasteiger partial charge in [-0.15, -0.1) is 0 Å². The largest absolute Gasteiger partial charge is 0.493 e. The van der Waals surface area contributed by atoms with Gasteiger partial charge >= 0.3 is 5.97 Å². The van der Waals surface area contributed by atoms with Gasteiger partial charge < -0.3 is 19.6 Å². The number of oxazole rings is 1. The van der Waals surface area contributed by atoms with E-state index in [1.165, 1.54) is 5.56 Å². The summed E-state index contributed by atoms with van der Waals surface area (Å²) in [7, 11) is 0. The number of carbonyl (C=O) groups excluding carboxylic acids is 1. The predicted molar refractivity (Wildman–Crippen MR) is 125 cm³/mol. The molecule has 1 heterocycles. The van der Waals surface area contributed by atoms with Crippen molar-refractivity contribution < 1.29 is 23.8 Å². The third kappa shape index (κ3) is 5.42. The second kappa shape index (κ2) is 9.90. The first kappa shape index (κ1) is 22.6. The van der Waals surface area contributed by atoms with Crippen LogP contribution < -0.4 is 10.1 Å². The molecule has 7 nitrogen and oxygen atoms in total. The lowest BCUT2D eigenvalue weighted by Gasteiger charge is -2.10. The first-order valence-corrected chi connectivity index (χ1v) is 11.3. The number of aromatic nitrogens is 1. The highest BCUT2D eigenvalue weighted by Crippen LogP contribution is 2.37. The first-order valence-electron chi connectivity index (χ1n) is 11.3. The summed E-state index contributed by atoms with van der Waals surface area (Å²) in [6.07, 6.45) is 2.94. The zero-order chi connectivity index (χ0) is 23.4. The Bertz CT molecular complexity index is 1170. The van der Waals surface area contributed by atoms with E-state index in [9.17, 15) is 9.59 Å². The summed E-state index contributed by atoms with van der Waals surface area (Å²) < 4.78 is 11.8. The van der Waals surface area contributed by atoms with Crippen molar-refractivity contribution in [2.24, 2.45) is 0 Å². The monoisotopic (exact) mass is 448 g/mol. The number of fused-ring (bicyclic) bond motifs is 1. The van der Waals surface area contributed by atoms with Gasteiger partial charge in [0.1, 0.15) is 11.5 Å². The molecule has 33 heavy (non-hydrogen) atoms. The van der Waals surface area contributed by atoms with E-state index in [0.717, 1.165) is 41.2 Å². The molecule has 0 spiro atoms. The quantitative estimate of drug-likeness (QED) is 0.471. The van der Waals surface area contributed by atoms with E-state index in [2.05, 4.69) is 10.3 Å². The van der Waals surface area contributed by atoms with Crippen molar-refractivity contribution in [1.29, 1.82) is 0 Å². The number of hydrogen-bond acceptors (Lipinski definition) is 5. The number of anilines is 1. The van der Waals surface area contributed by atoms with Crippen molar-refractivity contribution >= 4 is 17.6 Å². The number of nitrogens with one attached hydrogen (secondary N) is 1. The van der Waals surface area contributed by atoms with Crippen LogP contribution in [0.15, 0.2) is 46.9 Å². The lowest BCUT2D eigenvalue weighted by Crippen LogP contribution is -2.09. The van der Waals surface area contributed by atoms with Gasteiger partial charge in [-0.3, -0.25) is 9.59 Å². The maximum atomic E-state index is 11.7. The van der Waals surface area contributed by atoms with Crippen LogP contribution in [0.3, 0.4) is 0 Å². The average Bonchev–Trinajstić information content (AvgIpc) is 3.36. The van der Waals surface area contributed by atoms with Crippen LogP contribution in [0, 0.1) is 6.92 Å². The molecular formula is C26H28N2O5. The fraction of sp³-hybridized carbons (Fsp3) is 0.346. The summed E-state index contributed by atoms with van der Waals surface area (Å²) in [5.41, 5.74) is 4.64. The minimum Gasteiger partial charge on any atom is -0.493 e. The number of carboxylic acids is 1. The van der Waals surface area contributed by atoms with E-state index >= 15 is 0 Å². The predicted octanol–water partition coefficient (Wildman–Crippen LogP) is 5.12. The van der Waals surface area contributed by atoms with E-state index in [1.807, 2.05) is 56.3 Å². The van der Waals surface area contributed by atoms with Crippen LogP contribution in [-0.4, -0.2) is 28.6 Å². The standard InChI is InChI=1S/C26H28N2O5/c1-3-24(29)27-20-6-4-5-19(13-20)26-28-23(16(2)33-26)11-12-32-21-9-10-22-17(14-21)7-8-18(22)15-25(30)31/h4-6,9-10,13-14,18H,3,7-8,11-12,15H2,1-2H3,(H,27,29)(H,30,31)/t18-/m0/s1. The van der Waals surface area contributed by atoms with E-state index in [4.69, 9.17) is 14.3 Å². The van der Waals surface area contributed by atoms with Crippen LogP contribution in [0.2, 0.25) is 0 Å². The fourth-order valence-electron chi connectivity index (χ4n) is 4.22. The van der Waals surface area contributed by atoms with Gasteiger partial charge in [0.05, 0.1) is 18.7 Å². The number of rotatable bonds is 9. The number of nitrogens with zero attached hydrogens (tertiary/aromatic N) is 1. The molecule has 3 aromatic rings. The summed E-state index contributed by atoms with van der Waals surface area (Å²) in [6, 6.07) is 13.4. The van der Waals surface area contributed by atoms with Gasteiger partial charge in [0, 0.05) is 24.1 Å². The fourth-order valence-corrected chi connectivity index (χ4v) is 4.22. The van der Waals surface area contributed by atoms with Crippen LogP contribution in [0.4, 0.5) is 5.69 Å². The summed E-state index contributed by atoms with van der Waals surface area (Å²) in [6.45, 7) is 4.15. The van der Waals surface area contributed by atoms with E-state index in [0.29, 0.717) is 31.0 Å². The number of carboxylic acid groups (broad SMARTS) is 1. The number of aryl methyl sites for hydroxylation is 2. The Morgan fingerprint density at radius 1 is 1.24 bits per heavy atom. The van der Waals surface area contributed by atoms with Crippen LogP contribution in [-0.2, 0) is 22.4 Å². The lowest BCUT2D eigenvalue weighted by atomic mass is 9.98. The van der Waals surface area contributed by atoms with Gasteiger partial charge in [0.25, 0.3) is 0 Å². The van der Waals surface area contributed by atoms with E-state index in [1.54, 1.807) is 0 Å². The molecular weight excluding hydrogens is 420 g/mol. The third-order valence-electron chi connectivity index (χ3n) is 5.95. The highest BCUT2D eigenvalue weighted by atomic mass is 16.5. The second-order valence-electron chi connectivity index (χ2n) is 8.30. The average molecular weight is 449 g/mol. The van der Waals surface area contributed by atoms with E-state index < -0.39 is 5.97 Å². The molecule has 1 aromatic heterocycles. The zero-order valence-electron chi connectivity index (χ0n) is 18.9. The second-order valence-corrected chi connectivity index (χ2v) is 8.30. The SMILES string of the molecule is CCC(=O)Nc1cccc(-c2nc(CCOc3ccc4c(c3)CC[C@H]4CC(=O)O)c(C)o2)c1. The molecule has 1 aliphatic carbocycles. The Morgan fingerprint density at radius 3 is 2.88 bits per heavy atom. The lowest BCUT2D eigenvalue weighted by molar-refractivity contribution is -0.137.